The van der Waals surface area contributed by atoms with Crippen LogP contribution < -0.4 is 15.0 Å². The predicted octanol–water partition coefficient (Wildman–Crippen LogP) is 3.41. The van der Waals surface area contributed by atoms with E-state index in [-0.39, 0.29) is 16.7 Å². The summed E-state index contributed by atoms with van der Waals surface area (Å²) in [6.07, 6.45) is 2.57. The largest absolute Gasteiger partial charge is 0.497 e. The number of nitrogens with zero attached hydrogens (tertiary/aromatic N) is 2. The van der Waals surface area contributed by atoms with Crippen molar-refractivity contribution in [3.8, 4) is 5.75 Å². The molecule has 2 aromatic rings. The fourth-order valence-corrected chi connectivity index (χ4v) is 4.61. The van der Waals surface area contributed by atoms with Crippen molar-refractivity contribution in [3.05, 3.63) is 48.0 Å². The highest BCUT2D eigenvalue weighted by atomic mass is 32.2. The summed E-state index contributed by atoms with van der Waals surface area (Å²) in [6.45, 7) is 2.63. The minimum Gasteiger partial charge on any atom is -0.497 e. The highest BCUT2D eigenvalue weighted by Crippen LogP contribution is 2.36. The first-order valence-corrected chi connectivity index (χ1v) is 11.1. The maximum absolute atomic E-state index is 13.0. The fourth-order valence-electron chi connectivity index (χ4n) is 3.36. The Kier molecular flexibility index (Phi) is 5.04. The first-order valence-electron chi connectivity index (χ1n) is 9.65. The van der Waals surface area contributed by atoms with Crippen LogP contribution in [0.3, 0.4) is 0 Å². The zero-order chi connectivity index (χ0) is 20.6. The van der Waals surface area contributed by atoms with Gasteiger partial charge in [0.15, 0.2) is 5.84 Å². The molecule has 8 heteroatoms. The number of sulfonamides is 1. The maximum Gasteiger partial charge on any atom is 0.286 e. The standard InChI is InChI=1S/C21H23N3O4S/c1-3-11-24-18-10-9-16(22-21(25)14-7-8-14)13-19(18)29(26,27)23-20(24)15-5-4-6-17(12-15)28-2/h4-6,9-10,12-14H,3,7-8,11H2,1-2H3,(H,22,25). The van der Waals surface area contributed by atoms with Gasteiger partial charge in [-0.1, -0.05) is 19.1 Å². The molecule has 0 radical (unpaired) electrons. The lowest BCUT2D eigenvalue weighted by atomic mass is 10.1. The summed E-state index contributed by atoms with van der Waals surface area (Å²) in [5.74, 6) is 0.969. The molecule has 1 heterocycles. The topological polar surface area (TPSA) is 88.1 Å². The number of rotatable bonds is 6. The van der Waals surface area contributed by atoms with Gasteiger partial charge in [-0.25, -0.2) is 0 Å². The molecule has 1 amide bonds. The van der Waals surface area contributed by atoms with Crippen LogP contribution in [-0.2, 0) is 14.8 Å². The third-order valence-corrected chi connectivity index (χ3v) is 6.28. The number of hydrogen-bond acceptors (Lipinski definition) is 5. The summed E-state index contributed by atoms with van der Waals surface area (Å²) in [5.41, 5.74) is 1.70. The molecule has 1 saturated carbocycles. The van der Waals surface area contributed by atoms with Crippen molar-refractivity contribution in [2.75, 3.05) is 23.9 Å². The smallest absolute Gasteiger partial charge is 0.286 e. The lowest BCUT2D eigenvalue weighted by molar-refractivity contribution is -0.117. The predicted molar refractivity (Wildman–Crippen MR) is 112 cm³/mol. The van der Waals surface area contributed by atoms with E-state index in [1.54, 1.807) is 37.4 Å². The second kappa shape index (κ2) is 7.51. The Bertz CT molecular complexity index is 1090. The Balaban J connectivity index is 1.77. The minimum absolute atomic E-state index is 0.0388. The Morgan fingerprint density at radius 3 is 2.72 bits per heavy atom. The molecule has 152 valence electrons. The molecule has 0 spiro atoms. The van der Waals surface area contributed by atoms with Gasteiger partial charge in [-0.15, -0.1) is 4.40 Å². The van der Waals surface area contributed by atoms with Gasteiger partial charge in [0.2, 0.25) is 5.91 Å². The van der Waals surface area contributed by atoms with Crippen molar-refractivity contribution >= 4 is 33.1 Å². The van der Waals surface area contributed by atoms with E-state index in [4.69, 9.17) is 4.74 Å². The number of benzene rings is 2. The van der Waals surface area contributed by atoms with Crippen LogP contribution in [0.25, 0.3) is 0 Å². The van der Waals surface area contributed by atoms with Gasteiger partial charge in [0.05, 0.1) is 12.8 Å². The average Bonchev–Trinajstić information content (AvgIpc) is 3.56. The van der Waals surface area contributed by atoms with E-state index in [9.17, 15) is 13.2 Å². The van der Waals surface area contributed by atoms with Crippen LogP contribution in [-0.4, -0.2) is 33.8 Å². The maximum atomic E-state index is 13.0. The molecule has 0 unspecified atom stereocenters. The molecular weight excluding hydrogens is 390 g/mol. The third-order valence-electron chi connectivity index (χ3n) is 4.98. The number of anilines is 2. The fraction of sp³-hybridized carbons (Fsp3) is 0.333. The molecule has 2 aliphatic rings. The molecule has 1 aliphatic heterocycles. The number of amides is 1. The quantitative estimate of drug-likeness (QED) is 0.784. The molecular formula is C21H23N3O4S. The molecule has 1 aliphatic carbocycles. The van der Waals surface area contributed by atoms with E-state index in [1.165, 1.54) is 6.07 Å². The van der Waals surface area contributed by atoms with Crippen molar-refractivity contribution in [1.29, 1.82) is 0 Å². The average molecular weight is 413 g/mol. The van der Waals surface area contributed by atoms with Gasteiger partial charge < -0.3 is 15.0 Å². The Morgan fingerprint density at radius 1 is 1.24 bits per heavy atom. The van der Waals surface area contributed by atoms with E-state index in [1.807, 2.05) is 17.9 Å². The van der Waals surface area contributed by atoms with Crippen LogP contribution in [0, 0.1) is 5.92 Å². The molecule has 0 atom stereocenters. The number of fused-ring (bicyclic) bond motifs is 1. The molecule has 0 saturated heterocycles. The highest BCUT2D eigenvalue weighted by Gasteiger charge is 2.33. The van der Waals surface area contributed by atoms with Crippen molar-refractivity contribution in [2.45, 2.75) is 31.1 Å². The summed E-state index contributed by atoms with van der Waals surface area (Å²) >= 11 is 0. The third kappa shape index (κ3) is 3.85. The molecule has 7 nitrogen and oxygen atoms in total. The second-order valence-electron chi connectivity index (χ2n) is 7.22. The van der Waals surface area contributed by atoms with Crippen molar-refractivity contribution in [3.63, 3.8) is 0 Å². The molecule has 4 rings (SSSR count). The molecule has 1 N–H and O–H groups in total. The van der Waals surface area contributed by atoms with E-state index in [2.05, 4.69) is 9.71 Å². The zero-order valence-electron chi connectivity index (χ0n) is 16.4. The zero-order valence-corrected chi connectivity index (χ0v) is 17.2. The van der Waals surface area contributed by atoms with Crippen LogP contribution in [0.15, 0.2) is 51.8 Å². The van der Waals surface area contributed by atoms with Crippen LogP contribution >= 0.6 is 0 Å². The van der Waals surface area contributed by atoms with Crippen LogP contribution in [0.4, 0.5) is 11.4 Å². The van der Waals surface area contributed by atoms with E-state index < -0.39 is 10.0 Å². The molecule has 0 bridgehead atoms. The Labute approximate surface area is 170 Å². The normalized spacial score (nSPS) is 17.3. The number of hydrogen-bond donors (Lipinski definition) is 1. The molecule has 1 fully saturated rings. The Hall–Kier alpha value is -2.87. The van der Waals surface area contributed by atoms with Gasteiger partial charge in [-0.2, -0.15) is 8.42 Å². The number of carbonyl (C=O) groups is 1. The number of amidine groups is 1. The van der Waals surface area contributed by atoms with Crippen molar-refractivity contribution < 1.29 is 17.9 Å². The molecule has 2 aromatic carbocycles. The van der Waals surface area contributed by atoms with Gasteiger partial charge in [-0.05, 0) is 49.6 Å². The summed E-state index contributed by atoms with van der Waals surface area (Å²) in [4.78, 5) is 14.1. The van der Waals surface area contributed by atoms with Crippen molar-refractivity contribution in [2.24, 2.45) is 10.3 Å². The summed E-state index contributed by atoms with van der Waals surface area (Å²) in [5, 5.41) is 2.81. The number of ether oxygens (including phenoxy) is 1. The van der Waals surface area contributed by atoms with Gasteiger partial charge in [0, 0.05) is 23.7 Å². The summed E-state index contributed by atoms with van der Waals surface area (Å²) in [7, 11) is -2.35. The highest BCUT2D eigenvalue weighted by molar-refractivity contribution is 7.90. The minimum atomic E-state index is -3.92. The second-order valence-corrected chi connectivity index (χ2v) is 8.79. The van der Waals surface area contributed by atoms with Gasteiger partial charge in [0.25, 0.3) is 10.0 Å². The lowest BCUT2D eigenvalue weighted by Crippen LogP contribution is -2.37. The number of methoxy groups -OCH3 is 1. The van der Waals surface area contributed by atoms with Crippen molar-refractivity contribution in [1.82, 2.24) is 0 Å². The van der Waals surface area contributed by atoms with E-state index in [0.717, 1.165) is 19.3 Å². The Morgan fingerprint density at radius 2 is 2.03 bits per heavy atom. The van der Waals surface area contributed by atoms with Gasteiger partial charge >= 0.3 is 0 Å². The monoisotopic (exact) mass is 413 g/mol. The summed E-state index contributed by atoms with van der Waals surface area (Å²) in [6, 6.07) is 12.2. The lowest BCUT2D eigenvalue weighted by Gasteiger charge is -2.31. The van der Waals surface area contributed by atoms with Gasteiger partial charge in [-0.3, -0.25) is 4.79 Å². The molecule has 0 aromatic heterocycles. The van der Waals surface area contributed by atoms with E-state index in [0.29, 0.717) is 35.1 Å². The molecule has 29 heavy (non-hydrogen) atoms. The number of carbonyl (C=O) groups excluding carboxylic acids is 1. The van der Waals surface area contributed by atoms with Gasteiger partial charge in [0.1, 0.15) is 10.6 Å². The van der Waals surface area contributed by atoms with Crippen LogP contribution in [0.2, 0.25) is 0 Å². The SMILES string of the molecule is CCCN1C(c2cccc(OC)c2)=NS(=O)(=O)c2cc(NC(=O)C3CC3)ccc21. The van der Waals surface area contributed by atoms with E-state index >= 15 is 0 Å². The number of nitrogens with one attached hydrogen (secondary N) is 1. The summed E-state index contributed by atoms with van der Waals surface area (Å²) < 4.78 is 35.4. The van der Waals surface area contributed by atoms with Crippen LogP contribution in [0.1, 0.15) is 31.7 Å². The first-order chi connectivity index (χ1) is 13.9. The van der Waals surface area contributed by atoms with Crippen LogP contribution in [0.5, 0.6) is 5.75 Å². The first kappa shape index (κ1) is 19.4.